The van der Waals surface area contributed by atoms with Gasteiger partial charge in [0.05, 0.1) is 6.61 Å². The van der Waals surface area contributed by atoms with Gasteiger partial charge in [-0.25, -0.2) is 0 Å². The van der Waals surface area contributed by atoms with E-state index in [4.69, 9.17) is 26.9 Å². The van der Waals surface area contributed by atoms with Crippen molar-refractivity contribution in [2.24, 2.45) is 0 Å². The first-order valence-electron chi connectivity index (χ1n) is 9.93. The summed E-state index contributed by atoms with van der Waals surface area (Å²) < 4.78 is 5.85. The highest BCUT2D eigenvalue weighted by atomic mass is 35.7. The summed E-state index contributed by atoms with van der Waals surface area (Å²) in [7, 11) is -1.58. The van der Waals surface area contributed by atoms with Gasteiger partial charge in [-0.15, -0.1) is 0 Å². The van der Waals surface area contributed by atoms with Crippen molar-refractivity contribution < 1.29 is 9.84 Å². The minimum atomic E-state index is -1.58. The number of rotatable bonds is 12. The van der Waals surface area contributed by atoms with Gasteiger partial charge in [-0.1, -0.05) is 50.8 Å². The molecule has 0 spiro atoms. The molecule has 2 nitrogen and oxygen atoms in total. The Morgan fingerprint density at radius 1 is 0.926 bits per heavy atom. The van der Waals surface area contributed by atoms with Gasteiger partial charge in [0.2, 0.25) is 7.42 Å². The molecular formula is C22H30Cl2O2Si. The van der Waals surface area contributed by atoms with E-state index in [-0.39, 0.29) is 0 Å². The fourth-order valence-corrected chi connectivity index (χ4v) is 4.58. The van der Waals surface area contributed by atoms with E-state index in [1.54, 1.807) is 6.07 Å². The van der Waals surface area contributed by atoms with Crippen LogP contribution in [0.1, 0.15) is 51.0 Å². The fraction of sp³-hybridized carbons (Fsp3) is 0.455. The Hall–Kier alpha value is -1.16. The van der Waals surface area contributed by atoms with Crippen LogP contribution in [0.4, 0.5) is 0 Å². The maximum absolute atomic E-state index is 9.85. The van der Waals surface area contributed by atoms with Crippen molar-refractivity contribution in [3.63, 3.8) is 0 Å². The van der Waals surface area contributed by atoms with E-state index in [9.17, 15) is 5.11 Å². The van der Waals surface area contributed by atoms with Gasteiger partial charge in [-0.3, -0.25) is 0 Å². The van der Waals surface area contributed by atoms with Crippen LogP contribution in [-0.2, 0) is 6.42 Å². The predicted octanol–water partition coefficient (Wildman–Crippen LogP) is 7.04. The van der Waals surface area contributed by atoms with Crippen molar-refractivity contribution >= 4 is 29.6 Å². The van der Waals surface area contributed by atoms with E-state index in [0.717, 1.165) is 54.4 Å². The monoisotopic (exact) mass is 424 g/mol. The Morgan fingerprint density at radius 3 is 2.37 bits per heavy atom. The van der Waals surface area contributed by atoms with Gasteiger partial charge in [-0.2, -0.15) is 22.2 Å². The summed E-state index contributed by atoms with van der Waals surface area (Å²) in [5, 5.41) is 9.85. The fourth-order valence-electron chi connectivity index (χ4n) is 3.14. The van der Waals surface area contributed by atoms with Gasteiger partial charge in [0.1, 0.15) is 11.5 Å². The van der Waals surface area contributed by atoms with Crippen LogP contribution in [0.15, 0.2) is 42.5 Å². The van der Waals surface area contributed by atoms with E-state index in [1.165, 1.54) is 25.7 Å². The minimum absolute atomic E-state index is 0.294. The molecule has 2 rings (SSSR count). The van der Waals surface area contributed by atoms with Crippen LogP contribution in [0.3, 0.4) is 0 Å². The third-order valence-electron chi connectivity index (χ3n) is 4.64. The van der Waals surface area contributed by atoms with Crippen molar-refractivity contribution in [3.8, 4) is 22.6 Å². The van der Waals surface area contributed by atoms with Crippen molar-refractivity contribution in [3.05, 3.63) is 48.0 Å². The number of phenols is 1. The van der Waals surface area contributed by atoms with Gasteiger partial charge in [0, 0.05) is 0 Å². The van der Waals surface area contributed by atoms with E-state index >= 15 is 0 Å². The van der Waals surface area contributed by atoms with Crippen LogP contribution in [0.2, 0.25) is 6.04 Å². The number of phenolic OH excluding ortho intramolecular Hbond substituents is 1. The molecule has 0 amide bonds. The SMILES string of the molecule is CCCCCCCOc1ccc(-c2ccc(O)cc2CCC[SiH](Cl)Cl)cc1. The Bertz CT molecular complexity index is 675. The summed E-state index contributed by atoms with van der Waals surface area (Å²) in [6, 6.07) is 14.7. The lowest BCUT2D eigenvalue weighted by molar-refractivity contribution is 0.304. The van der Waals surface area contributed by atoms with E-state index in [1.807, 2.05) is 24.3 Å². The highest BCUT2D eigenvalue weighted by molar-refractivity contribution is 7.33. The highest BCUT2D eigenvalue weighted by Gasteiger charge is 2.09. The molecule has 0 aliphatic rings. The van der Waals surface area contributed by atoms with Gasteiger partial charge >= 0.3 is 0 Å². The van der Waals surface area contributed by atoms with Crippen LogP contribution in [0.5, 0.6) is 11.5 Å². The molecule has 0 aliphatic carbocycles. The number of aromatic hydroxyl groups is 1. The maximum Gasteiger partial charge on any atom is 0.237 e. The summed E-state index contributed by atoms with van der Waals surface area (Å²) in [6.07, 6.45) is 8.01. The summed E-state index contributed by atoms with van der Waals surface area (Å²) >= 11 is 11.9. The van der Waals surface area contributed by atoms with Crippen molar-refractivity contribution in [2.45, 2.75) is 57.9 Å². The topological polar surface area (TPSA) is 29.5 Å². The molecule has 0 fully saturated rings. The number of aryl methyl sites for hydroxylation is 1. The summed E-state index contributed by atoms with van der Waals surface area (Å²) in [5.41, 5.74) is 3.40. The largest absolute Gasteiger partial charge is 0.508 e. The molecule has 2 aromatic rings. The molecule has 0 bridgehead atoms. The molecule has 0 saturated heterocycles. The molecule has 1 N–H and O–H groups in total. The molecule has 0 atom stereocenters. The summed E-state index contributed by atoms with van der Waals surface area (Å²) in [4.78, 5) is 0. The molecular weight excluding hydrogens is 395 g/mol. The van der Waals surface area contributed by atoms with Crippen LogP contribution >= 0.6 is 22.2 Å². The lowest BCUT2D eigenvalue weighted by Crippen LogP contribution is -1.98. The molecule has 0 heterocycles. The van der Waals surface area contributed by atoms with Crippen LogP contribution in [0.25, 0.3) is 11.1 Å². The quantitative estimate of drug-likeness (QED) is 0.225. The molecule has 0 unspecified atom stereocenters. The van der Waals surface area contributed by atoms with Gasteiger partial charge in [0.15, 0.2) is 0 Å². The predicted molar refractivity (Wildman–Crippen MR) is 120 cm³/mol. The van der Waals surface area contributed by atoms with Gasteiger partial charge in [-0.05, 0) is 66.3 Å². The lowest BCUT2D eigenvalue weighted by Gasteiger charge is -2.12. The maximum atomic E-state index is 9.85. The molecule has 0 aliphatic heterocycles. The summed E-state index contributed by atoms with van der Waals surface area (Å²) in [5.74, 6) is 1.20. The van der Waals surface area contributed by atoms with Gasteiger partial charge in [0.25, 0.3) is 0 Å². The average Bonchev–Trinajstić information content (AvgIpc) is 2.65. The first-order valence-corrected chi connectivity index (χ1v) is 14.2. The van der Waals surface area contributed by atoms with Gasteiger partial charge < -0.3 is 9.84 Å². The lowest BCUT2D eigenvalue weighted by atomic mass is 9.96. The molecule has 148 valence electrons. The Morgan fingerprint density at radius 2 is 1.67 bits per heavy atom. The molecule has 27 heavy (non-hydrogen) atoms. The zero-order chi connectivity index (χ0) is 19.5. The first kappa shape index (κ1) is 22.1. The van der Waals surface area contributed by atoms with E-state index in [0.29, 0.717) is 5.75 Å². The van der Waals surface area contributed by atoms with Crippen LogP contribution in [-0.4, -0.2) is 19.1 Å². The number of halogens is 2. The first-order chi connectivity index (χ1) is 13.1. The second kappa shape index (κ2) is 12.3. The Balaban J connectivity index is 1.95. The van der Waals surface area contributed by atoms with Crippen molar-refractivity contribution in [1.29, 1.82) is 0 Å². The highest BCUT2D eigenvalue weighted by Crippen LogP contribution is 2.30. The molecule has 2 aromatic carbocycles. The zero-order valence-electron chi connectivity index (χ0n) is 16.1. The third kappa shape index (κ3) is 8.16. The molecule has 0 radical (unpaired) electrons. The molecule has 0 saturated carbocycles. The van der Waals surface area contributed by atoms with Crippen molar-refractivity contribution in [2.75, 3.05) is 6.61 Å². The second-order valence-corrected chi connectivity index (χ2v) is 12.1. The number of benzene rings is 2. The number of hydrogen-bond donors (Lipinski definition) is 1. The number of unbranched alkanes of at least 4 members (excludes halogenated alkanes) is 4. The minimum Gasteiger partial charge on any atom is -0.508 e. The van der Waals surface area contributed by atoms with Crippen LogP contribution < -0.4 is 4.74 Å². The van der Waals surface area contributed by atoms with E-state index < -0.39 is 7.42 Å². The number of hydrogen-bond acceptors (Lipinski definition) is 2. The van der Waals surface area contributed by atoms with Crippen molar-refractivity contribution in [1.82, 2.24) is 0 Å². The average molecular weight is 425 g/mol. The van der Waals surface area contributed by atoms with Crippen LogP contribution in [0, 0.1) is 0 Å². The number of ether oxygens (including phenoxy) is 1. The Kier molecular flexibility index (Phi) is 10.1. The standard InChI is InChI=1S/C22H30Cl2O2Si/c1-2-3-4-5-6-15-26-21-12-9-18(10-13-21)22-14-11-20(25)17-19(22)8-7-16-27(23)24/h9-14,17,25,27H,2-8,15-16H2,1H3. The third-order valence-corrected chi connectivity index (χ3v) is 6.79. The Labute approximate surface area is 174 Å². The molecule has 5 heteroatoms. The smallest absolute Gasteiger partial charge is 0.237 e. The van der Waals surface area contributed by atoms with E-state index in [2.05, 4.69) is 19.1 Å². The zero-order valence-corrected chi connectivity index (χ0v) is 18.8. The second-order valence-electron chi connectivity index (χ2n) is 6.91. The molecule has 0 aromatic heterocycles. The normalized spacial score (nSPS) is 11.1. The summed E-state index contributed by atoms with van der Waals surface area (Å²) in [6.45, 7) is 3.00.